The van der Waals surface area contributed by atoms with Gasteiger partial charge in [0.05, 0.1) is 24.2 Å². The maximum absolute atomic E-state index is 9.34. The number of nitriles is 1. The average Bonchev–Trinajstić information content (AvgIpc) is 3.27. The zero-order chi connectivity index (χ0) is 19.8. The van der Waals surface area contributed by atoms with Crippen LogP contribution in [0.1, 0.15) is 30.1 Å². The van der Waals surface area contributed by atoms with E-state index in [1.165, 1.54) is 12.8 Å². The van der Waals surface area contributed by atoms with Gasteiger partial charge in [0.2, 0.25) is 0 Å². The second-order valence-corrected chi connectivity index (χ2v) is 7.32. The highest BCUT2D eigenvalue weighted by atomic mass is 16.5. The molecule has 29 heavy (non-hydrogen) atoms. The minimum atomic E-state index is 0.352. The first kappa shape index (κ1) is 17.6. The molecule has 0 N–H and O–H groups in total. The quantitative estimate of drug-likeness (QED) is 0.498. The maximum Gasteiger partial charge on any atom is 0.195 e. The van der Waals surface area contributed by atoms with Crippen LogP contribution in [0, 0.1) is 17.2 Å². The van der Waals surface area contributed by atoms with Gasteiger partial charge in [-0.05, 0) is 43.0 Å². The molecule has 0 radical (unpaired) electrons. The van der Waals surface area contributed by atoms with E-state index in [1.807, 2.05) is 35.0 Å². The molecule has 0 aromatic carbocycles. The van der Waals surface area contributed by atoms with Crippen LogP contribution in [-0.4, -0.2) is 26.5 Å². The maximum atomic E-state index is 9.34. The monoisotopic (exact) mass is 385 g/mol. The normalized spacial score (nSPS) is 13.7. The van der Waals surface area contributed by atoms with E-state index in [1.54, 1.807) is 19.4 Å². The zero-order valence-corrected chi connectivity index (χ0v) is 16.0. The largest absolute Gasteiger partial charge is 0.441 e. The Hall–Kier alpha value is -3.50. The van der Waals surface area contributed by atoms with Crippen LogP contribution in [0.2, 0.25) is 0 Å². The molecule has 0 unspecified atom stereocenters. The van der Waals surface area contributed by atoms with Gasteiger partial charge in [0.1, 0.15) is 17.4 Å². The topological polar surface area (TPSA) is 89.2 Å². The van der Waals surface area contributed by atoms with Gasteiger partial charge in [-0.2, -0.15) is 5.26 Å². The van der Waals surface area contributed by atoms with Crippen molar-refractivity contribution in [2.75, 3.05) is 7.11 Å². The first-order chi connectivity index (χ1) is 14.2. The number of oxazole rings is 1. The van der Waals surface area contributed by atoms with Gasteiger partial charge in [0.15, 0.2) is 11.7 Å². The van der Waals surface area contributed by atoms with Crippen LogP contribution in [-0.2, 0) is 17.8 Å². The van der Waals surface area contributed by atoms with Crippen molar-refractivity contribution >= 4 is 5.65 Å². The van der Waals surface area contributed by atoms with E-state index in [-0.39, 0.29) is 0 Å². The number of nitrogens with zero attached hydrogens (tertiary/aromatic N) is 5. The minimum Gasteiger partial charge on any atom is -0.441 e. The zero-order valence-electron chi connectivity index (χ0n) is 16.0. The standard InChI is InChI=1S/C22H19N5O2/c1-28-13-17-12-27-7-6-15(9-20(27)25-17)22-18(5-4-16(10-23)26-22)19-11-24-21(29-19)8-14-2-3-14/h4-7,9,11-12,14H,2-3,8,13H2,1H3. The van der Waals surface area contributed by atoms with Crippen molar-refractivity contribution in [2.24, 2.45) is 5.92 Å². The second-order valence-electron chi connectivity index (χ2n) is 7.32. The number of ether oxygens (including phenoxy) is 1. The minimum absolute atomic E-state index is 0.352. The van der Waals surface area contributed by atoms with Gasteiger partial charge in [-0.15, -0.1) is 0 Å². The first-order valence-corrected chi connectivity index (χ1v) is 9.56. The molecule has 0 amide bonds. The van der Waals surface area contributed by atoms with Gasteiger partial charge in [0.25, 0.3) is 0 Å². The van der Waals surface area contributed by atoms with E-state index in [2.05, 4.69) is 21.0 Å². The highest BCUT2D eigenvalue weighted by Gasteiger charge is 2.24. The van der Waals surface area contributed by atoms with Crippen LogP contribution in [0.3, 0.4) is 0 Å². The number of fused-ring (bicyclic) bond motifs is 1. The summed E-state index contributed by atoms with van der Waals surface area (Å²) in [6.07, 6.45) is 8.98. The molecule has 1 aliphatic rings. The number of hydrogen-bond donors (Lipinski definition) is 0. The number of hydrogen-bond acceptors (Lipinski definition) is 6. The molecule has 4 aromatic rings. The van der Waals surface area contributed by atoms with Crippen LogP contribution in [0.25, 0.3) is 28.2 Å². The SMILES string of the molecule is COCc1cn2ccc(-c3nc(C#N)ccc3-c3cnc(CC4CC4)o3)cc2n1. The Labute approximate surface area is 167 Å². The average molecular weight is 385 g/mol. The van der Waals surface area contributed by atoms with Gasteiger partial charge in [-0.1, -0.05) is 0 Å². The summed E-state index contributed by atoms with van der Waals surface area (Å²) < 4.78 is 13.1. The Bertz CT molecular complexity index is 1230. The molecule has 0 atom stereocenters. The third-order valence-electron chi connectivity index (χ3n) is 5.06. The van der Waals surface area contributed by atoms with Gasteiger partial charge in [-0.25, -0.2) is 15.0 Å². The molecule has 1 aliphatic carbocycles. The third-order valence-corrected chi connectivity index (χ3v) is 5.06. The summed E-state index contributed by atoms with van der Waals surface area (Å²) >= 11 is 0. The van der Waals surface area contributed by atoms with Crippen molar-refractivity contribution in [3.8, 4) is 28.7 Å². The highest BCUT2D eigenvalue weighted by molar-refractivity contribution is 5.79. The van der Waals surface area contributed by atoms with Crippen molar-refractivity contribution in [3.05, 3.63) is 60.1 Å². The van der Waals surface area contributed by atoms with Gasteiger partial charge in [-0.3, -0.25) is 0 Å². The number of rotatable bonds is 6. The fourth-order valence-corrected chi connectivity index (χ4v) is 3.44. The van der Waals surface area contributed by atoms with Gasteiger partial charge < -0.3 is 13.6 Å². The Morgan fingerprint density at radius 2 is 2.17 bits per heavy atom. The summed E-state index contributed by atoms with van der Waals surface area (Å²) in [5, 5.41) is 9.34. The van der Waals surface area contributed by atoms with Crippen LogP contribution < -0.4 is 0 Å². The summed E-state index contributed by atoms with van der Waals surface area (Å²) in [7, 11) is 1.65. The van der Waals surface area contributed by atoms with E-state index in [0.29, 0.717) is 29.7 Å². The fraction of sp³-hybridized carbons (Fsp3) is 0.273. The molecular weight excluding hydrogens is 366 g/mol. The molecular formula is C22H19N5O2. The van der Waals surface area contributed by atoms with Crippen molar-refractivity contribution < 1.29 is 9.15 Å². The Morgan fingerprint density at radius 3 is 2.97 bits per heavy atom. The lowest BCUT2D eigenvalue weighted by Crippen LogP contribution is -1.93. The number of methoxy groups -OCH3 is 1. The predicted molar refractivity (Wildman–Crippen MR) is 106 cm³/mol. The summed E-state index contributed by atoms with van der Waals surface area (Å²) in [6.45, 7) is 0.451. The van der Waals surface area contributed by atoms with E-state index in [9.17, 15) is 5.26 Å². The van der Waals surface area contributed by atoms with Crippen molar-refractivity contribution in [2.45, 2.75) is 25.9 Å². The fourth-order valence-electron chi connectivity index (χ4n) is 3.44. The van der Waals surface area contributed by atoms with Gasteiger partial charge >= 0.3 is 0 Å². The molecule has 4 heterocycles. The molecule has 1 saturated carbocycles. The van der Waals surface area contributed by atoms with Crippen molar-refractivity contribution in [1.29, 1.82) is 5.26 Å². The van der Waals surface area contributed by atoms with E-state index < -0.39 is 0 Å². The molecule has 4 aromatic heterocycles. The summed E-state index contributed by atoms with van der Waals surface area (Å²) in [4.78, 5) is 13.6. The lowest BCUT2D eigenvalue weighted by molar-refractivity contribution is 0.182. The second kappa shape index (κ2) is 7.15. The molecule has 0 aliphatic heterocycles. The van der Waals surface area contributed by atoms with Crippen LogP contribution in [0.5, 0.6) is 0 Å². The number of pyridine rings is 2. The first-order valence-electron chi connectivity index (χ1n) is 9.56. The number of imidazole rings is 1. The smallest absolute Gasteiger partial charge is 0.195 e. The Kier molecular flexibility index (Phi) is 4.34. The van der Waals surface area contributed by atoms with E-state index in [0.717, 1.165) is 34.8 Å². The molecule has 0 spiro atoms. The van der Waals surface area contributed by atoms with Crippen LogP contribution in [0.15, 0.2) is 47.3 Å². The molecule has 144 valence electrons. The molecule has 7 nitrogen and oxygen atoms in total. The molecule has 1 fully saturated rings. The molecule has 7 heteroatoms. The highest BCUT2D eigenvalue weighted by Crippen LogP contribution is 2.35. The van der Waals surface area contributed by atoms with Crippen molar-refractivity contribution in [1.82, 2.24) is 19.4 Å². The summed E-state index contributed by atoms with van der Waals surface area (Å²) in [6, 6.07) is 9.60. The molecule has 0 bridgehead atoms. The third kappa shape index (κ3) is 3.50. The van der Waals surface area contributed by atoms with Crippen LogP contribution >= 0.6 is 0 Å². The van der Waals surface area contributed by atoms with Crippen molar-refractivity contribution in [3.63, 3.8) is 0 Å². The summed E-state index contributed by atoms with van der Waals surface area (Å²) in [5.74, 6) is 2.12. The lowest BCUT2D eigenvalue weighted by atomic mass is 10.0. The van der Waals surface area contributed by atoms with Gasteiger partial charge in [0, 0.05) is 37.1 Å². The number of aromatic nitrogens is 4. The predicted octanol–water partition coefficient (Wildman–Crippen LogP) is 4.02. The molecule has 0 saturated heterocycles. The van der Waals surface area contributed by atoms with E-state index >= 15 is 0 Å². The van der Waals surface area contributed by atoms with Crippen LogP contribution in [0.4, 0.5) is 0 Å². The van der Waals surface area contributed by atoms with E-state index in [4.69, 9.17) is 9.15 Å². The summed E-state index contributed by atoms with van der Waals surface area (Å²) in [5.41, 5.74) is 4.34. The molecule has 5 rings (SSSR count). The Balaban J connectivity index is 1.58. The lowest BCUT2D eigenvalue weighted by Gasteiger charge is -2.07. The Morgan fingerprint density at radius 1 is 1.28 bits per heavy atom.